The van der Waals surface area contributed by atoms with E-state index < -0.39 is 11.8 Å². The van der Waals surface area contributed by atoms with E-state index in [4.69, 9.17) is 10.3 Å². The molecule has 8 heteroatoms. The number of esters is 1. The van der Waals surface area contributed by atoms with Crippen LogP contribution in [0.3, 0.4) is 0 Å². The van der Waals surface area contributed by atoms with Crippen LogP contribution in [0.2, 0.25) is 0 Å². The predicted octanol–water partition coefficient (Wildman–Crippen LogP) is 1.54. The first-order valence-corrected chi connectivity index (χ1v) is 6.21. The van der Waals surface area contributed by atoms with Crippen LogP contribution in [0.5, 0.6) is 0 Å². The van der Waals surface area contributed by atoms with E-state index in [1.807, 2.05) is 0 Å². The molecule has 0 amide bonds. The molecule has 0 aliphatic heterocycles. The van der Waals surface area contributed by atoms with E-state index in [9.17, 15) is 9.18 Å². The molecule has 3 N–H and O–H groups in total. The number of nitrogens with zero attached hydrogens (tertiary/aromatic N) is 2. The van der Waals surface area contributed by atoms with Gasteiger partial charge < -0.3 is 20.3 Å². The molecule has 0 unspecified atom stereocenters. The topological polar surface area (TPSA) is 103 Å². The Bertz CT molecular complexity index is 657. The molecule has 1 aromatic carbocycles. The van der Waals surface area contributed by atoms with Crippen molar-refractivity contribution in [1.82, 2.24) is 10.1 Å². The van der Waals surface area contributed by atoms with Gasteiger partial charge in [0.2, 0.25) is 5.89 Å². The third kappa shape index (κ3) is 3.47. The van der Waals surface area contributed by atoms with Gasteiger partial charge in [-0.15, -0.1) is 0 Å². The van der Waals surface area contributed by atoms with Gasteiger partial charge in [0.1, 0.15) is 5.82 Å². The Morgan fingerprint density at radius 3 is 2.90 bits per heavy atom. The van der Waals surface area contributed by atoms with E-state index in [-0.39, 0.29) is 16.9 Å². The number of benzene rings is 1. The van der Waals surface area contributed by atoms with E-state index in [1.165, 1.54) is 13.2 Å². The highest BCUT2D eigenvalue weighted by molar-refractivity contribution is 5.96. The lowest BCUT2D eigenvalue weighted by Gasteiger charge is -2.10. The van der Waals surface area contributed by atoms with Crippen LogP contribution in [0.1, 0.15) is 22.1 Å². The maximum atomic E-state index is 13.8. The summed E-state index contributed by atoms with van der Waals surface area (Å²) < 4.78 is 23.3. The average molecular weight is 294 g/mol. The summed E-state index contributed by atoms with van der Waals surface area (Å²) in [5.74, 6) is -0.189. The first-order valence-electron chi connectivity index (χ1n) is 6.21. The van der Waals surface area contributed by atoms with Gasteiger partial charge in [-0.1, -0.05) is 5.16 Å². The van der Waals surface area contributed by atoms with Crippen molar-refractivity contribution in [2.24, 2.45) is 0 Å². The summed E-state index contributed by atoms with van der Waals surface area (Å²) >= 11 is 0. The van der Waals surface area contributed by atoms with Gasteiger partial charge in [0, 0.05) is 18.7 Å². The zero-order valence-electron chi connectivity index (χ0n) is 11.6. The number of aromatic nitrogens is 2. The molecule has 0 aliphatic carbocycles. The van der Waals surface area contributed by atoms with Gasteiger partial charge in [-0.25, -0.2) is 9.18 Å². The first-order chi connectivity index (χ1) is 10.0. The monoisotopic (exact) mass is 294 g/mol. The van der Waals surface area contributed by atoms with Gasteiger partial charge in [-0.2, -0.15) is 4.98 Å². The van der Waals surface area contributed by atoms with E-state index in [1.54, 1.807) is 6.92 Å². The number of nitrogens with two attached hydrogens (primary N) is 1. The van der Waals surface area contributed by atoms with Crippen LogP contribution >= 0.6 is 0 Å². The molecule has 2 aromatic rings. The zero-order valence-corrected chi connectivity index (χ0v) is 11.6. The van der Waals surface area contributed by atoms with E-state index in [2.05, 4.69) is 20.2 Å². The number of nitrogens with one attached hydrogen (secondary N) is 1. The highest BCUT2D eigenvalue weighted by Gasteiger charge is 2.14. The standard InChI is InChI=1S/C13H15FN4O3/c1-7-17-12(21-18-7)3-4-16-11-5-8(13(19)20-2)10(15)6-9(11)14/h5-6,16H,3-4,15H2,1-2H3. The van der Waals surface area contributed by atoms with Gasteiger partial charge in [-0.3, -0.25) is 0 Å². The van der Waals surface area contributed by atoms with Crippen LogP contribution in [0, 0.1) is 12.7 Å². The Balaban J connectivity index is 2.07. The molecular weight excluding hydrogens is 279 g/mol. The van der Waals surface area contributed by atoms with Gasteiger partial charge in [0.15, 0.2) is 5.82 Å². The summed E-state index contributed by atoms with van der Waals surface area (Å²) in [6, 6.07) is 2.39. The maximum Gasteiger partial charge on any atom is 0.340 e. The highest BCUT2D eigenvalue weighted by atomic mass is 19.1. The van der Waals surface area contributed by atoms with Crippen molar-refractivity contribution in [3.63, 3.8) is 0 Å². The number of hydrogen-bond donors (Lipinski definition) is 2. The normalized spacial score (nSPS) is 10.4. The van der Waals surface area contributed by atoms with Crippen molar-refractivity contribution in [2.75, 3.05) is 24.7 Å². The Morgan fingerprint density at radius 1 is 1.52 bits per heavy atom. The highest BCUT2D eigenvalue weighted by Crippen LogP contribution is 2.22. The maximum absolute atomic E-state index is 13.8. The molecule has 2 rings (SSSR count). The molecule has 0 saturated heterocycles. The second-order valence-electron chi connectivity index (χ2n) is 4.32. The summed E-state index contributed by atoms with van der Waals surface area (Å²) in [5, 5.41) is 6.51. The summed E-state index contributed by atoms with van der Waals surface area (Å²) in [4.78, 5) is 15.5. The number of methoxy groups -OCH3 is 1. The van der Waals surface area contributed by atoms with Crippen molar-refractivity contribution in [2.45, 2.75) is 13.3 Å². The molecule has 0 fully saturated rings. The summed E-state index contributed by atoms with van der Waals surface area (Å²) in [6.07, 6.45) is 0.429. The summed E-state index contributed by atoms with van der Waals surface area (Å²) in [5.41, 5.74) is 5.87. The van der Waals surface area contributed by atoms with Gasteiger partial charge in [0.05, 0.1) is 18.4 Å². The molecule has 112 valence electrons. The second-order valence-corrected chi connectivity index (χ2v) is 4.32. The number of carbonyl (C=O) groups excluding carboxylic acids is 1. The minimum absolute atomic E-state index is 0.0254. The lowest BCUT2D eigenvalue weighted by atomic mass is 10.1. The smallest absolute Gasteiger partial charge is 0.340 e. The predicted molar refractivity (Wildman–Crippen MR) is 73.4 cm³/mol. The average Bonchev–Trinajstić information content (AvgIpc) is 2.86. The fourth-order valence-corrected chi connectivity index (χ4v) is 1.76. The third-order valence-corrected chi connectivity index (χ3v) is 2.77. The largest absolute Gasteiger partial charge is 0.465 e. The molecule has 0 radical (unpaired) electrons. The van der Waals surface area contributed by atoms with Crippen LogP contribution in [-0.2, 0) is 11.2 Å². The Hall–Kier alpha value is -2.64. The van der Waals surface area contributed by atoms with Crippen molar-refractivity contribution in [3.05, 3.63) is 35.2 Å². The molecule has 1 aromatic heterocycles. The van der Waals surface area contributed by atoms with Gasteiger partial charge in [0.25, 0.3) is 0 Å². The van der Waals surface area contributed by atoms with Gasteiger partial charge >= 0.3 is 5.97 Å². The summed E-state index contributed by atoms with van der Waals surface area (Å²) in [6.45, 7) is 2.08. The number of nitrogen functional groups attached to an aromatic ring is 1. The Morgan fingerprint density at radius 2 is 2.29 bits per heavy atom. The number of halogens is 1. The van der Waals surface area contributed by atoms with Crippen molar-refractivity contribution < 1.29 is 18.4 Å². The molecule has 0 spiro atoms. The fourth-order valence-electron chi connectivity index (χ4n) is 1.76. The molecular formula is C13H15FN4O3. The number of anilines is 2. The lowest BCUT2D eigenvalue weighted by molar-refractivity contribution is 0.0602. The van der Waals surface area contributed by atoms with Crippen LogP contribution < -0.4 is 11.1 Å². The van der Waals surface area contributed by atoms with E-state index in [0.29, 0.717) is 24.7 Å². The van der Waals surface area contributed by atoms with Crippen LogP contribution in [0.15, 0.2) is 16.7 Å². The quantitative estimate of drug-likeness (QED) is 0.636. The van der Waals surface area contributed by atoms with E-state index in [0.717, 1.165) is 6.07 Å². The minimum Gasteiger partial charge on any atom is -0.465 e. The van der Waals surface area contributed by atoms with Crippen molar-refractivity contribution >= 4 is 17.3 Å². The molecule has 0 bridgehead atoms. The molecule has 0 atom stereocenters. The molecule has 0 saturated carbocycles. The Labute approximate surface area is 120 Å². The molecule has 7 nitrogen and oxygen atoms in total. The van der Waals surface area contributed by atoms with Crippen molar-refractivity contribution in [1.29, 1.82) is 0 Å². The number of rotatable bonds is 5. The second kappa shape index (κ2) is 6.21. The van der Waals surface area contributed by atoms with Crippen LogP contribution in [-0.4, -0.2) is 29.8 Å². The molecule has 1 heterocycles. The van der Waals surface area contributed by atoms with Crippen molar-refractivity contribution in [3.8, 4) is 0 Å². The number of hydrogen-bond acceptors (Lipinski definition) is 7. The lowest BCUT2D eigenvalue weighted by Crippen LogP contribution is -2.11. The summed E-state index contributed by atoms with van der Waals surface area (Å²) in [7, 11) is 1.23. The minimum atomic E-state index is -0.622. The van der Waals surface area contributed by atoms with Gasteiger partial charge in [-0.05, 0) is 19.1 Å². The van der Waals surface area contributed by atoms with Crippen LogP contribution in [0.25, 0.3) is 0 Å². The molecule has 0 aliphatic rings. The number of carbonyl (C=O) groups is 1. The van der Waals surface area contributed by atoms with Crippen LogP contribution in [0.4, 0.5) is 15.8 Å². The SMILES string of the molecule is COC(=O)c1cc(NCCc2nc(C)no2)c(F)cc1N. The number of ether oxygens (including phenoxy) is 1. The number of aryl methyl sites for hydroxylation is 1. The zero-order chi connectivity index (χ0) is 15.4. The molecule has 21 heavy (non-hydrogen) atoms. The fraction of sp³-hybridized carbons (Fsp3) is 0.308. The Kier molecular flexibility index (Phi) is 4.36. The first kappa shape index (κ1) is 14.8. The third-order valence-electron chi connectivity index (χ3n) is 2.77. The van der Waals surface area contributed by atoms with E-state index >= 15 is 0 Å².